The molecule has 0 aliphatic carbocycles. The van der Waals surface area contributed by atoms with E-state index in [1.165, 1.54) is 22.2 Å². The molecule has 0 aromatic carbocycles. The first-order valence-corrected chi connectivity index (χ1v) is 5.37. The molecule has 0 saturated heterocycles. The Balaban J connectivity index is 2.55. The van der Waals surface area contributed by atoms with Gasteiger partial charge in [-0.1, -0.05) is 6.92 Å². The van der Waals surface area contributed by atoms with E-state index >= 15 is 0 Å². The van der Waals surface area contributed by atoms with Crippen LogP contribution >= 0.6 is 0 Å². The zero-order chi connectivity index (χ0) is 12.8. The topological polar surface area (TPSA) is 88.3 Å². The quantitative estimate of drug-likeness (QED) is 0.746. The Morgan fingerprint density at radius 3 is 2.71 bits per heavy atom. The summed E-state index contributed by atoms with van der Waals surface area (Å²) < 4.78 is 1.41. The molecule has 17 heavy (non-hydrogen) atoms. The summed E-state index contributed by atoms with van der Waals surface area (Å²) in [6.07, 6.45) is 2.80. The Bertz CT molecular complexity index is 377. The van der Waals surface area contributed by atoms with Crippen molar-refractivity contribution < 1.29 is 14.7 Å². The molecular weight excluding hydrogens is 224 g/mol. The summed E-state index contributed by atoms with van der Waals surface area (Å²) in [5.74, 6) is -1.64. The Kier molecular flexibility index (Phi) is 4.62. The van der Waals surface area contributed by atoms with E-state index < -0.39 is 11.9 Å². The Labute approximate surface area is 99.1 Å². The molecule has 7 heteroatoms. The van der Waals surface area contributed by atoms with E-state index in [0.717, 1.165) is 0 Å². The molecule has 0 bridgehead atoms. The zero-order valence-corrected chi connectivity index (χ0v) is 9.91. The fourth-order valence-corrected chi connectivity index (χ4v) is 1.37. The minimum absolute atomic E-state index is 0.0835. The van der Waals surface area contributed by atoms with Crippen molar-refractivity contribution in [2.75, 3.05) is 13.1 Å². The highest BCUT2D eigenvalue weighted by molar-refractivity contribution is 5.77. The van der Waals surface area contributed by atoms with Gasteiger partial charge >= 0.3 is 5.97 Å². The molecular formula is C10H16N4O3. The first kappa shape index (κ1) is 13.1. The molecule has 0 aliphatic rings. The van der Waals surface area contributed by atoms with Crippen molar-refractivity contribution in [3.05, 3.63) is 12.7 Å². The van der Waals surface area contributed by atoms with Crippen LogP contribution in [-0.4, -0.2) is 49.7 Å². The number of aliphatic carboxylic acids is 1. The first-order chi connectivity index (χ1) is 8.04. The Morgan fingerprint density at radius 1 is 1.53 bits per heavy atom. The number of carboxylic acid groups (broad SMARTS) is 1. The van der Waals surface area contributed by atoms with Gasteiger partial charge in [0.05, 0.1) is 5.92 Å². The number of rotatable bonds is 6. The fraction of sp³-hybridized carbons (Fsp3) is 0.600. The number of aromatic nitrogens is 3. The summed E-state index contributed by atoms with van der Waals surface area (Å²) in [5, 5.41) is 12.6. The van der Waals surface area contributed by atoms with E-state index in [-0.39, 0.29) is 19.0 Å². The molecule has 94 valence electrons. The van der Waals surface area contributed by atoms with Crippen molar-refractivity contribution in [1.29, 1.82) is 0 Å². The minimum atomic E-state index is -0.906. The number of nitrogens with zero attached hydrogens (tertiary/aromatic N) is 4. The van der Waals surface area contributed by atoms with Gasteiger partial charge in [-0.3, -0.25) is 9.59 Å². The molecule has 1 unspecified atom stereocenters. The normalized spacial score (nSPS) is 12.1. The highest BCUT2D eigenvalue weighted by Crippen LogP contribution is 2.01. The molecule has 1 N–H and O–H groups in total. The van der Waals surface area contributed by atoms with Gasteiger partial charge in [0.2, 0.25) is 5.91 Å². The minimum Gasteiger partial charge on any atom is -0.481 e. The van der Waals surface area contributed by atoms with Crippen molar-refractivity contribution in [3.8, 4) is 0 Å². The van der Waals surface area contributed by atoms with E-state index in [2.05, 4.69) is 10.1 Å². The maximum Gasteiger partial charge on any atom is 0.308 e. The molecule has 1 aromatic heterocycles. The van der Waals surface area contributed by atoms with E-state index in [1.54, 1.807) is 6.92 Å². The van der Waals surface area contributed by atoms with Crippen molar-refractivity contribution in [2.24, 2.45) is 5.92 Å². The number of hydrogen-bond donors (Lipinski definition) is 1. The van der Waals surface area contributed by atoms with Gasteiger partial charge in [-0.05, 0) is 6.92 Å². The van der Waals surface area contributed by atoms with E-state index in [9.17, 15) is 9.59 Å². The van der Waals surface area contributed by atoms with Gasteiger partial charge in [-0.15, -0.1) is 0 Å². The van der Waals surface area contributed by atoms with Gasteiger partial charge < -0.3 is 10.0 Å². The summed E-state index contributed by atoms with van der Waals surface area (Å²) in [6, 6.07) is 0. The first-order valence-electron chi connectivity index (χ1n) is 5.37. The molecule has 0 fully saturated rings. The Hall–Kier alpha value is -1.92. The van der Waals surface area contributed by atoms with Gasteiger partial charge in [0.15, 0.2) is 0 Å². The molecule has 1 amide bonds. The Morgan fingerprint density at radius 2 is 2.24 bits per heavy atom. The summed E-state index contributed by atoms with van der Waals surface area (Å²) in [6.45, 7) is 4.16. The molecule has 0 aliphatic heterocycles. The number of carboxylic acids is 1. The van der Waals surface area contributed by atoms with Crippen LogP contribution in [-0.2, 0) is 16.1 Å². The average Bonchev–Trinajstić information content (AvgIpc) is 2.77. The van der Waals surface area contributed by atoms with E-state index in [4.69, 9.17) is 5.11 Å². The zero-order valence-electron chi connectivity index (χ0n) is 9.91. The highest BCUT2D eigenvalue weighted by atomic mass is 16.4. The van der Waals surface area contributed by atoms with Crippen LogP contribution in [0.1, 0.15) is 13.8 Å². The summed E-state index contributed by atoms with van der Waals surface area (Å²) in [7, 11) is 0. The van der Waals surface area contributed by atoms with Crippen molar-refractivity contribution >= 4 is 11.9 Å². The molecule has 7 nitrogen and oxygen atoms in total. The summed E-state index contributed by atoms with van der Waals surface area (Å²) in [4.78, 5) is 27.8. The number of hydrogen-bond acceptors (Lipinski definition) is 4. The lowest BCUT2D eigenvalue weighted by molar-refractivity contribution is -0.143. The van der Waals surface area contributed by atoms with Gasteiger partial charge in [-0.25, -0.2) is 9.67 Å². The van der Waals surface area contributed by atoms with Crippen LogP contribution in [0, 0.1) is 5.92 Å². The van der Waals surface area contributed by atoms with Crippen molar-refractivity contribution in [2.45, 2.75) is 20.4 Å². The predicted molar refractivity (Wildman–Crippen MR) is 59.1 cm³/mol. The summed E-state index contributed by atoms with van der Waals surface area (Å²) in [5.41, 5.74) is 0. The lowest BCUT2D eigenvalue weighted by Crippen LogP contribution is -2.38. The molecule has 1 heterocycles. The van der Waals surface area contributed by atoms with Gasteiger partial charge in [0.25, 0.3) is 0 Å². The standard InChI is InChI=1S/C10H16N4O3/c1-3-13(4-8(2)10(16)17)9(15)5-14-7-11-6-12-14/h6-8H,3-5H2,1-2H3,(H,16,17). The molecule has 1 rings (SSSR count). The van der Waals surface area contributed by atoms with Crippen LogP contribution in [0.3, 0.4) is 0 Å². The third kappa shape index (κ3) is 3.86. The molecule has 1 aromatic rings. The second-order valence-electron chi connectivity index (χ2n) is 3.76. The SMILES string of the molecule is CCN(CC(C)C(=O)O)C(=O)Cn1cncn1. The highest BCUT2D eigenvalue weighted by Gasteiger charge is 2.19. The second kappa shape index (κ2) is 5.97. The molecule has 0 radical (unpaired) electrons. The van der Waals surface area contributed by atoms with Crippen LogP contribution in [0.15, 0.2) is 12.7 Å². The smallest absolute Gasteiger partial charge is 0.308 e. The van der Waals surface area contributed by atoms with Gasteiger partial charge in [-0.2, -0.15) is 5.10 Å². The predicted octanol–water partition coefficient (Wildman–Crippen LogP) is -0.153. The number of amides is 1. The van der Waals surface area contributed by atoms with Crippen LogP contribution < -0.4 is 0 Å². The lowest BCUT2D eigenvalue weighted by atomic mass is 10.1. The summed E-state index contributed by atoms with van der Waals surface area (Å²) >= 11 is 0. The molecule has 0 spiro atoms. The lowest BCUT2D eigenvalue weighted by Gasteiger charge is -2.22. The monoisotopic (exact) mass is 240 g/mol. The second-order valence-corrected chi connectivity index (χ2v) is 3.76. The molecule has 1 atom stereocenters. The number of carbonyl (C=O) groups is 2. The number of carbonyl (C=O) groups excluding carboxylic acids is 1. The maximum atomic E-state index is 11.8. The largest absolute Gasteiger partial charge is 0.481 e. The van der Waals surface area contributed by atoms with Crippen LogP contribution in [0.5, 0.6) is 0 Å². The van der Waals surface area contributed by atoms with Crippen LogP contribution in [0.25, 0.3) is 0 Å². The van der Waals surface area contributed by atoms with E-state index in [0.29, 0.717) is 6.54 Å². The van der Waals surface area contributed by atoms with Crippen LogP contribution in [0.2, 0.25) is 0 Å². The third-order valence-corrected chi connectivity index (χ3v) is 2.41. The van der Waals surface area contributed by atoms with Crippen molar-refractivity contribution in [3.63, 3.8) is 0 Å². The van der Waals surface area contributed by atoms with E-state index in [1.807, 2.05) is 6.92 Å². The van der Waals surface area contributed by atoms with Gasteiger partial charge in [0.1, 0.15) is 19.2 Å². The third-order valence-electron chi connectivity index (χ3n) is 2.41. The van der Waals surface area contributed by atoms with Gasteiger partial charge in [0, 0.05) is 13.1 Å². The van der Waals surface area contributed by atoms with Crippen molar-refractivity contribution in [1.82, 2.24) is 19.7 Å². The molecule has 0 saturated carbocycles. The maximum absolute atomic E-state index is 11.8. The number of likely N-dealkylation sites (N-methyl/N-ethyl adjacent to an activating group) is 1. The fourth-order valence-electron chi connectivity index (χ4n) is 1.37. The van der Waals surface area contributed by atoms with Crippen LogP contribution in [0.4, 0.5) is 0 Å². The average molecular weight is 240 g/mol.